The standard InChI is InChI=1S/C35H42O7S2/c1-3-5-7-8-11-22-40-25-28-17-20-32(42-28)35(36)31-13-10-9-12-30(31)26-14-21-33(34(24-26)44(37,38)39)43-29-18-15-27(16-19-29)41-23-6-4-2/h9-10,12-21,24,35-36H,3-8,11,22-23,25H2,1-2H3,(H,37,38,39). The normalized spacial score (nSPS) is 12.4. The van der Waals surface area contributed by atoms with Crippen LogP contribution in [-0.4, -0.2) is 31.3 Å². The molecule has 236 valence electrons. The van der Waals surface area contributed by atoms with Gasteiger partial charge < -0.3 is 19.0 Å². The van der Waals surface area contributed by atoms with Gasteiger partial charge in [-0.2, -0.15) is 8.42 Å². The van der Waals surface area contributed by atoms with Crippen LogP contribution in [-0.2, 0) is 21.5 Å². The third kappa shape index (κ3) is 9.71. The first-order valence-corrected chi connectivity index (χ1v) is 17.5. The predicted molar refractivity (Wildman–Crippen MR) is 174 cm³/mol. The van der Waals surface area contributed by atoms with E-state index in [0.717, 1.165) is 36.3 Å². The molecule has 2 N–H and O–H groups in total. The largest absolute Gasteiger partial charge is 0.494 e. The van der Waals surface area contributed by atoms with Crippen molar-refractivity contribution in [3.63, 3.8) is 0 Å². The first-order valence-electron chi connectivity index (χ1n) is 15.3. The average Bonchev–Trinajstić information content (AvgIpc) is 3.50. The summed E-state index contributed by atoms with van der Waals surface area (Å²) < 4.78 is 52.5. The number of hydrogen-bond acceptors (Lipinski definition) is 7. The molecule has 9 heteroatoms. The predicted octanol–water partition coefficient (Wildman–Crippen LogP) is 9.09. The highest BCUT2D eigenvalue weighted by Crippen LogP contribution is 2.38. The molecule has 0 radical (unpaired) electrons. The highest BCUT2D eigenvalue weighted by atomic mass is 32.2. The molecule has 0 saturated carbocycles. The van der Waals surface area contributed by atoms with Gasteiger partial charge in [-0.15, -0.1) is 0 Å². The molecular formula is C35H42O7S2. The summed E-state index contributed by atoms with van der Waals surface area (Å²) in [5.74, 6) is 1.74. The van der Waals surface area contributed by atoms with Gasteiger partial charge in [-0.3, -0.25) is 4.55 Å². The van der Waals surface area contributed by atoms with Crippen LogP contribution in [0.5, 0.6) is 5.75 Å². The second-order valence-corrected chi connectivity index (χ2v) is 13.2. The molecule has 0 bridgehead atoms. The monoisotopic (exact) mass is 638 g/mol. The molecule has 1 aromatic heterocycles. The molecule has 4 rings (SSSR count). The maximum atomic E-state index is 12.5. The lowest BCUT2D eigenvalue weighted by Gasteiger charge is -2.16. The number of aliphatic hydroxyl groups is 1. The zero-order chi connectivity index (χ0) is 31.4. The molecule has 44 heavy (non-hydrogen) atoms. The molecule has 0 amide bonds. The van der Waals surface area contributed by atoms with Crippen LogP contribution in [0.15, 0.2) is 98.0 Å². The van der Waals surface area contributed by atoms with E-state index in [-0.39, 0.29) is 4.90 Å². The van der Waals surface area contributed by atoms with Gasteiger partial charge in [-0.05, 0) is 78.1 Å². The van der Waals surface area contributed by atoms with Crippen molar-refractivity contribution >= 4 is 21.9 Å². The lowest BCUT2D eigenvalue weighted by atomic mass is 9.95. The van der Waals surface area contributed by atoms with Gasteiger partial charge in [0.15, 0.2) is 0 Å². The molecular weight excluding hydrogens is 597 g/mol. The smallest absolute Gasteiger partial charge is 0.295 e. The topological polar surface area (TPSA) is 106 Å². The van der Waals surface area contributed by atoms with Crippen molar-refractivity contribution in [3.05, 3.63) is 95.9 Å². The van der Waals surface area contributed by atoms with E-state index in [9.17, 15) is 18.1 Å². The van der Waals surface area contributed by atoms with Gasteiger partial charge in [-0.1, -0.05) is 88.0 Å². The zero-order valence-corrected chi connectivity index (χ0v) is 27.0. The fraction of sp³-hybridized carbons (Fsp3) is 0.371. The van der Waals surface area contributed by atoms with E-state index in [1.165, 1.54) is 37.1 Å². The summed E-state index contributed by atoms with van der Waals surface area (Å²) in [5, 5.41) is 11.3. The van der Waals surface area contributed by atoms with Crippen LogP contribution in [0.4, 0.5) is 0 Å². The Hall–Kier alpha value is -3.08. The molecule has 0 fully saturated rings. The van der Waals surface area contributed by atoms with Crippen molar-refractivity contribution in [2.45, 2.75) is 86.2 Å². The second-order valence-electron chi connectivity index (χ2n) is 10.7. The highest BCUT2D eigenvalue weighted by molar-refractivity contribution is 8.00. The van der Waals surface area contributed by atoms with Crippen LogP contribution in [0.3, 0.4) is 0 Å². The second kappa shape index (κ2) is 16.8. The molecule has 0 aliphatic heterocycles. The van der Waals surface area contributed by atoms with Gasteiger partial charge in [0.1, 0.15) is 34.9 Å². The molecule has 1 atom stereocenters. The number of rotatable bonds is 18. The van der Waals surface area contributed by atoms with Crippen LogP contribution in [0.25, 0.3) is 11.1 Å². The van der Waals surface area contributed by atoms with Gasteiger partial charge >= 0.3 is 0 Å². The Balaban J connectivity index is 1.50. The van der Waals surface area contributed by atoms with Crippen LogP contribution in [0.2, 0.25) is 0 Å². The summed E-state index contributed by atoms with van der Waals surface area (Å²) in [6.07, 6.45) is 6.74. The van der Waals surface area contributed by atoms with E-state index in [1.54, 1.807) is 42.5 Å². The third-order valence-electron chi connectivity index (χ3n) is 7.19. The fourth-order valence-electron chi connectivity index (χ4n) is 4.78. The van der Waals surface area contributed by atoms with E-state index in [2.05, 4.69) is 13.8 Å². The Bertz CT molecular complexity index is 1560. The minimum absolute atomic E-state index is 0.209. The number of furan rings is 1. The van der Waals surface area contributed by atoms with E-state index in [1.807, 2.05) is 30.3 Å². The molecule has 3 aromatic carbocycles. The van der Waals surface area contributed by atoms with Gasteiger partial charge in [0.2, 0.25) is 0 Å². The minimum atomic E-state index is -4.55. The van der Waals surface area contributed by atoms with Crippen LogP contribution >= 0.6 is 11.8 Å². The average molecular weight is 639 g/mol. The summed E-state index contributed by atoms with van der Waals surface area (Å²) in [7, 11) is -4.55. The van der Waals surface area contributed by atoms with Crippen molar-refractivity contribution in [2.75, 3.05) is 13.2 Å². The maximum absolute atomic E-state index is 12.5. The minimum Gasteiger partial charge on any atom is -0.494 e. The maximum Gasteiger partial charge on any atom is 0.295 e. The summed E-state index contributed by atoms with van der Waals surface area (Å²) in [6, 6.07) is 23.0. The molecule has 7 nitrogen and oxygen atoms in total. The van der Waals surface area contributed by atoms with Crippen LogP contribution in [0.1, 0.15) is 82.0 Å². The number of ether oxygens (including phenoxy) is 2. The van der Waals surface area contributed by atoms with E-state index < -0.39 is 16.2 Å². The first-order chi connectivity index (χ1) is 21.3. The third-order valence-corrected chi connectivity index (χ3v) is 9.30. The van der Waals surface area contributed by atoms with Crippen LogP contribution < -0.4 is 4.74 Å². The van der Waals surface area contributed by atoms with Crippen molar-refractivity contribution in [1.29, 1.82) is 0 Å². The summed E-state index contributed by atoms with van der Waals surface area (Å²) in [4.78, 5) is 0.977. The molecule has 1 unspecified atom stereocenters. The van der Waals surface area contributed by atoms with Crippen LogP contribution in [0, 0.1) is 0 Å². The van der Waals surface area contributed by atoms with Crippen molar-refractivity contribution in [2.24, 2.45) is 0 Å². The van der Waals surface area contributed by atoms with Crippen molar-refractivity contribution in [3.8, 4) is 16.9 Å². The Morgan fingerprint density at radius 2 is 1.59 bits per heavy atom. The Morgan fingerprint density at radius 3 is 2.34 bits per heavy atom. The van der Waals surface area contributed by atoms with Crippen molar-refractivity contribution < 1.29 is 32.0 Å². The molecule has 0 aliphatic rings. The first kappa shape index (κ1) is 33.8. The van der Waals surface area contributed by atoms with Gasteiger partial charge in [-0.25, -0.2) is 0 Å². The fourth-order valence-corrected chi connectivity index (χ4v) is 6.64. The number of unbranched alkanes of at least 4 members (excludes halogenated alkanes) is 5. The Labute approximate surface area is 265 Å². The lowest BCUT2D eigenvalue weighted by molar-refractivity contribution is 0.0978. The Morgan fingerprint density at radius 1 is 0.841 bits per heavy atom. The SMILES string of the molecule is CCCCCCCOCc1ccc(C(O)c2ccccc2-c2ccc(Sc3ccc(OCCCC)cc3)c(S(=O)(=O)O)c2)o1. The highest BCUT2D eigenvalue weighted by Gasteiger charge is 2.22. The lowest BCUT2D eigenvalue weighted by Crippen LogP contribution is -2.03. The summed E-state index contributed by atoms with van der Waals surface area (Å²) in [5.41, 5.74) is 1.70. The van der Waals surface area contributed by atoms with Crippen molar-refractivity contribution in [1.82, 2.24) is 0 Å². The Kier molecular flexibility index (Phi) is 12.9. The summed E-state index contributed by atoms with van der Waals surface area (Å²) in [6.45, 7) is 5.92. The zero-order valence-electron chi connectivity index (χ0n) is 25.4. The van der Waals surface area contributed by atoms with E-state index >= 15 is 0 Å². The number of aliphatic hydroxyl groups excluding tert-OH is 1. The number of benzene rings is 3. The molecule has 0 saturated heterocycles. The molecule has 0 aliphatic carbocycles. The molecule has 4 aromatic rings. The van der Waals surface area contributed by atoms with Gasteiger partial charge in [0, 0.05) is 16.4 Å². The van der Waals surface area contributed by atoms with Gasteiger partial charge in [0.25, 0.3) is 10.1 Å². The number of hydrogen-bond donors (Lipinski definition) is 2. The molecule has 1 heterocycles. The van der Waals surface area contributed by atoms with Gasteiger partial charge in [0.05, 0.1) is 6.61 Å². The van der Waals surface area contributed by atoms with E-state index in [4.69, 9.17) is 13.9 Å². The quantitative estimate of drug-likeness (QED) is 0.0821. The summed E-state index contributed by atoms with van der Waals surface area (Å²) >= 11 is 1.23. The van der Waals surface area contributed by atoms with E-state index in [0.29, 0.717) is 52.9 Å². The molecule has 0 spiro atoms.